The Kier molecular flexibility index (Phi) is 14.9. The van der Waals surface area contributed by atoms with E-state index in [0.29, 0.717) is 101 Å². The average Bonchev–Trinajstić information content (AvgIpc) is 1.64. The summed E-state index contributed by atoms with van der Waals surface area (Å²) in [7, 11) is 5.84. The van der Waals surface area contributed by atoms with E-state index in [1.54, 1.807) is 73.3 Å². The number of amides is 2. The SMILES string of the molecule is CNC(=O)c1c(-n2ccc(Cc3cc(F)c4cc5n(c4c3)CCc3ccc(-c4cc6c(C(=O)NC)c(-n7ccc(C)cc7=O)oc6cc4N(C)S)nc3-5)cc2=O)oc2cc(NC)c(B3OC(C)(C)C(C)(C)O3)cc12.Fc1cccc2c1cc1n2CCc2ccc(Cl)nc2-1. The van der Waals surface area contributed by atoms with Gasteiger partial charge in [0.1, 0.15) is 39.1 Å². The number of rotatable bonds is 10. The van der Waals surface area contributed by atoms with Crippen LogP contribution in [0.3, 0.4) is 0 Å². The first-order valence-electron chi connectivity index (χ1n) is 30.3. The molecule has 8 aromatic heterocycles. The third-order valence-corrected chi connectivity index (χ3v) is 18.8. The first kappa shape index (κ1) is 60.8. The molecule has 1 saturated heterocycles. The maximum absolute atomic E-state index is 16.4. The lowest BCUT2D eigenvalue weighted by Gasteiger charge is -2.32. The largest absolute Gasteiger partial charge is 0.496 e. The first-order valence-corrected chi connectivity index (χ1v) is 31.1. The Morgan fingerprint density at radius 2 is 1.26 bits per heavy atom. The number of halogens is 3. The lowest BCUT2D eigenvalue weighted by Crippen LogP contribution is -2.41. The van der Waals surface area contributed by atoms with Crippen LogP contribution in [-0.2, 0) is 41.7 Å². The summed E-state index contributed by atoms with van der Waals surface area (Å²) >= 11 is 10.7. The number of hydrogen-bond donors (Lipinski definition) is 4. The van der Waals surface area contributed by atoms with Crippen molar-refractivity contribution >= 4 is 104 Å². The Bertz CT molecular complexity index is 5260. The standard InChI is InChI=1S/C55H52BFN8O8S.C15H10ClFN2/c1-28-12-15-64(45(66)18-28)52-47(50(68)59-7)34-23-33(40(62(9)74)27-44(34)71-52)38-11-10-31-14-17-63-41-21-30(20-37(57)32(41)25-42(63)49(31)61-38)19-29-13-16-65(46(67)22-29)53-48(51(69)60-8)35-24-36(39(58-6)26-43(35)70-53)56-72-54(2,3)55(4,5)73-56;16-14-5-4-9-6-7-19-12-3-1-2-11(17)10(12)8-13(19)15(9)18-14/h10-13,15-16,18,20-27,58,74H,14,17,19H2,1-9H3,(H,59,68)(H,60,69);1-5,8H,6-7H2. The first-order chi connectivity index (χ1) is 44.5. The fraction of sp³-hybridized carbons (Fsp3) is 0.229. The molecule has 15 rings (SSSR count). The van der Waals surface area contributed by atoms with Crippen LogP contribution in [0.2, 0.25) is 5.15 Å². The molecule has 0 radical (unpaired) electrons. The summed E-state index contributed by atoms with van der Waals surface area (Å²) in [4.78, 5) is 64.0. The fourth-order valence-corrected chi connectivity index (χ4v) is 13.2. The number of carbonyl (C=O) groups is 2. The van der Waals surface area contributed by atoms with Gasteiger partial charge in [-0.05, 0) is 154 Å². The number of anilines is 2. The van der Waals surface area contributed by atoms with Crippen molar-refractivity contribution in [2.75, 3.05) is 37.8 Å². The van der Waals surface area contributed by atoms with E-state index in [4.69, 9.17) is 34.7 Å². The molecule has 0 aliphatic carbocycles. The minimum absolute atomic E-state index is 0.0446. The van der Waals surface area contributed by atoms with Crippen LogP contribution in [-0.4, -0.2) is 86.6 Å². The highest BCUT2D eigenvalue weighted by atomic mass is 35.5. The van der Waals surface area contributed by atoms with Gasteiger partial charge in [0, 0.05) is 116 Å². The van der Waals surface area contributed by atoms with Gasteiger partial charge in [-0.1, -0.05) is 42.6 Å². The number of carbonyl (C=O) groups excluding carboxylic acids is 2. The number of nitrogens with one attached hydrogen (secondary N) is 3. The normalized spacial score (nSPS) is 14.4. The third kappa shape index (κ3) is 10.3. The molecular weight excluding hydrogens is 1230 g/mol. The molecule has 3 N–H and O–H groups in total. The Labute approximate surface area is 542 Å². The van der Waals surface area contributed by atoms with Crippen molar-refractivity contribution in [3.8, 4) is 45.8 Å². The minimum atomic E-state index is -0.738. The van der Waals surface area contributed by atoms with Gasteiger partial charge in [0.2, 0.25) is 11.8 Å². The molecule has 0 unspecified atom stereocenters. The lowest BCUT2D eigenvalue weighted by molar-refractivity contribution is 0.00578. The maximum Gasteiger partial charge on any atom is 0.496 e. The van der Waals surface area contributed by atoms with Crippen molar-refractivity contribution in [2.24, 2.45) is 0 Å². The monoisotopic (exact) mass is 1290 g/mol. The molecule has 18 nitrogen and oxygen atoms in total. The van der Waals surface area contributed by atoms with Crippen LogP contribution in [0, 0.1) is 18.6 Å². The van der Waals surface area contributed by atoms with Gasteiger partial charge in [-0.25, -0.2) is 18.7 Å². The van der Waals surface area contributed by atoms with E-state index in [-0.39, 0.29) is 40.7 Å². The fourth-order valence-electron chi connectivity index (χ4n) is 12.9. The third-order valence-electron chi connectivity index (χ3n) is 18.4. The zero-order valence-corrected chi connectivity index (χ0v) is 53.9. The number of hydrogen-bond acceptors (Lipinski definition) is 13. The quantitative estimate of drug-likeness (QED) is 0.0575. The van der Waals surface area contributed by atoms with Gasteiger partial charge in [0.15, 0.2) is 0 Å². The predicted molar refractivity (Wildman–Crippen MR) is 362 cm³/mol. The molecule has 93 heavy (non-hydrogen) atoms. The Hall–Kier alpha value is -9.74. The number of furan rings is 2. The number of pyridine rings is 4. The lowest BCUT2D eigenvalue weighted by atomic mass is 9.77. The van der Waals surface area contributed by atoms with E-state index in [1.165, 1.54) is 53.1 Å². The van der Waals surface area contributed by atoms with E-state index in [1.807, 2.05) is 83.1 Å². The van der Waals surface area contributed by atoms with Crippen molar-refractivity contribution in [2.45, 2.75) is 78.2 Å². The molecule has 12 aromatic rings. The van der Waals surface area contributed by atoms with Gasteiger partial charge in [-0.15, -0.1) is 0 Å². The summed E-state index contributed by atoms with van der Waals surface area (Å²) < 4.78 is 64.0. The van der Waals surface area contributed by atoms with Crippen LogP contribution in [0.1, 0.15) is 76.2 Å². The van der Waals surface area contributed by atoms with Crippen LogP contribution >= 0.6 is 24.4 Å². The maximum atomic E-state index is 16.4. The predicted octanol–water partition coefficient (Wildman–Crippen LogP) is 12.2. The summed E-state index contributed by atoms with van der Waals surface area (Å²) in [6.45, 7) is 11.1. The number of aryl methyl sites for hydroxylation is 5. The van der Waals surface area contributed by atoms with Crippen LogP contribution in [0.5, 0.6) is 0 Å². The number of nitrogens with zero attached hydrogens (tertiary/aromatic N) is 7. The summed E-state index contributed by atoms with van der Waals surface area (Å²) in [5.74, 6) is -1.37. The second kappa shape index (κ2) is 22.8. The van der Waals surface area contributed by atoms with Crippen LogP contribution in [0.4, 0.5) is 20.2 Å². The Morgan fingerprint density at radius 1 is 0.667 bits per heavy atom. The summed E-state index contributed by atoms with van der Waals surface area (Å²) in [6, 6.07) is 33.6. The molecule has 0 atom stereocenters. The molecule has 0 bridgehead atoms. The number of thiol groups is 1. The molecule has 23 heteroatoms. The highest BCUT2D eigenvalue weighted by molar-refractivity contribution is 7.81. The molecule has 1 fully saturated rings. The van der Waals surface area contributed by atoms with Gasteiger partial charge in [0.25, 0.3) is 22.9 Å². The zero-order chi connectivity index (χ0) is 65.3. The van der Waals surface area contributed by atoms with Crippen LogP contribution < -0.4 is 36.8 Å². The van der Waals surface area contributed by atoms with E-state index < -0.39 is 41.5 Å². The molecular formula is C70H62BClF2N10O8S. The van der Waals surface area contributed by atoms with Gasteiger partial charge < -0.3 is 47.5 Å². The van der Waals surface area contributed by atoms with Crippen molar-refractivity contribution < 1.29 is 36.5 Å². The average molecular weight is 1290 g/mol. The van der Waals surface area contributed by atoms with E-state index in [9.17, 15) is 23.6 Å². The van der Waals surface area contributed by atoms with Gasteiger partial charge in [-0.2, -0.15) is 0 Å². The van der Waals surface area contributed by atoms with Crippen LogP contribution in [0.15, 0.2) is 146 Å². The molecule has 470 valence electrons. The van der Waals surface area contributed by atoms with Crippen molar-refractivity contribution in [1.82, 2.24) is 38.9 Å². The van der Waals surface area contributed by atoms with Gasteiger partial charge in [-0.3, -0.25) is 28.3 Å². The zero-order valence-electron chi connectivity index (χ0n) is 52.2. The highest BCUT2D eigenvalue weighted by Crippen LogP contribution is 2.44. The van der Waals surface area contributed by atoms with Gasteiger partial charge in [0.05, 0.1) is 56.4 Å². The van der Waals surface area contributed by atoms with Crippen molar-refractivity contribution in [1.29, 1.82) is 0 Å². The second-order valence-electron chi connectivity index (χ2n) is 24.6. The summed E-state index contributed by atoms with van der Waals surface area (Å²) in [5.41, 5.74) is 11.3. The second-order valence-corrected chi connectivity index (χ2v) is 25.6. The van der Waals surface area contributed by atoms with Gasteiger partial charge >= 0.3 is 7.12 Å². The molecule has 11 heterocycles. The minimum Gasteiger partial charge on any atom is -0.439 e. The molecule has 0 spiro atoms. The van der Waals surface area contributed by atoms with Crippen molar-refractivity contribution in [3.63, 3.8) is 0 Å². The highest BCUT2D eigenvalue weighted by Gasteiger charge is 2.52. The van der Waals surface area contributed by atoms with Crippen LogP contribution in [0.25, 0.3) is 89.5 Å². The topological polar surface area (TPSA) is 198 Å². The van der Waals surface area contributed by atoms with E-state index >= 15 is 4.39 Å². The summed E-state index contributed by atoms with van der Waals surface area (Å²) in [6.07, 6.45) is 4.91. The molecule has 0 saturated carbocycles. The summed E-state index contributed by atoms with van der Waals surface area (Å²) in [5, 5.41) is 11.1. The number of fused-ring (bicyclic) bond motifs is 12. The number of aromatic nitrogens is 6. The molecule has 4 aromatic carbocycles. The van der Waals surface area contributed by atoms with E-state index in [0.717, 1.165) is 46.7 Å². The van der Waals surface area contributed by atoms with Crippen molar-refractivity contribution in [3.05, 3.63) is 204 Å². The number of benzene rings is 4. The molecule has 3 aliphatic heterocycles. The molecule has 2 amide bonds. The smallest absolute Gasteiger partial charge is 0.439 e. The molecule has 3 aliphatic rings. The van der Waals surface area contributed by atoms with E-state index in [2.05, 4.69) is 42.9 Å². The Morgan fingerprint density at radius 3 is 1.88 bits per heavy atom. The Balaban J connectivity index is 0.000000333.